The number of rotatable bonds is 0. The van der Waals surface area contributed by atoms with E-state index < -0.39 is 0 Å². The first-order valence-electron chi connectivity index (χ1n) is 3.18. The van der Waals surface area contributed by atoms with E-state index in [4.69, 9.17) is 0 Å². The summed E-state index contributed by atoms with van der Waals surface area (Å²) >= 11 is 0. The highest BCUT2D eigenvalue weighted by atomic mass is 15.3. The van der Waals surface area contributed by atoms with Gasteiger partial charge in [0, 0.05) is 6.21 Å². The molecule has 4 nitrogen and oxygen atoms in total. The number of hydrogen-bond acceptors (Lipinski definition) is 4. The van der Waals surface area contributed by atoms with Gasteiger partial charge in [0.05, 0.1) is 6.67 Å². The van der Waals surface area contributed by atoms with Gasteiger partial charge in [0.2, 0.25) is 0 Å². The fourth-order valence-corrected chi connectivity index (χ4v) is 1.07. The van der Waals surface area contributed by atoms with Crippen molar-refractivity contribution in [3.05, 3.63) is 0 Å². The highest BCUT2D eigenvalue weighted by molar-refractivity contribution is 6.09. The van der Waals surface area contributed by atoms with Crippen molar-refractivity contribution in [3.63, 3.8) is 0 Å². The van der Waals surface area contributed by atoms with Gasteiger partial charge in [-0.25, -0.2) is 9.98 Å². The van der Waals surface area contributed by atoms with Crippen molar-refractivity contribution < 1.29 is 0 Å². The van der Waals surface area contributed by atoms with Gasteiger partial charge in [0.1, 0.15) is 18.2 Å². The number of nitrogens with zero attached hydrogens (tertiary/aromatic N) is 4. The van der Waals surface area contributed by atoms with Crippen LogP contribution in [0.15, 0.2) is 15.0 Å². The lowest BCUT2D eigenvalue weighted by Crippen LogP contribution is -2.34. The van der Waals surface area contributed by atoms with Crippen molar-refractivity contribution in [2.24, 2.45) is 15.0 Å². The van der Waals surface area contributed by atoms with Crippen LogP contribution in [0, 0.1) is 0 Å². The van der Waals surface area contributed by atoms with E-state index in [-0.39, 0.29) is 6.04 Å². The molecule has 2 aliphatic heterocycles. The van der Waals surface area contributed by atoms with Crippen molar-refractivity contribution in [3.8, 4) is 0 Å². The van der Waals surface area contributed by atoms with Gasteiger partial charge in [-0.05, 0) is 7.05 Å². The average molecular weight is 136 g/mol. The zero-order valence-electron chi connectivity index (χ0n) is 5.73. The van der Waals surface area contributed by atoms with Crippen molar-refractivity contribution in [2.75, 3.05) is 13.7 Å². The van der Waals surface area contributed by atoms with Gasteiger partial charge < -0.3 is 0 Å². The second-order valence-electron chi connectivity index (χ2n) is 2.40. The molecule has 0 N–H and O–H groups in total. The topological polar surface area (TPSA) is 40.3 Å². The molecule has 2 rings (SSSR count). The molecule has 52 valence electrons. The molecular formula is C6H8N4. The number of aliphatic imine (C=N–C) groups is 3. The van der Waals surface area contributed by atoms with E-state index in [0.717, 1.165) is 12.5 Å². The summed E-state index contributed by atoms with van der Waals surface area (Å²) in [5.41, 5.74) is 0. The third kappa shape index (κ3) is 0.690. The third-order valence-corrected chi connectivity index (χ3v) is 1.68. The molecule has 10 heavy (non-hydrogen) atoms. The Balaban J connectivity index is 2.30. The molecule has 0 radical (unpaired) electrons. The zero-order chi connectivity index (χ0) is 6.97. The molecule has 1 atom stereocenters. The number of hydrogen-bond donors (Lipinski definition) is 0. The van der Waals surface area contributed by atoms with Gasteiger partial charge in [-0.2, -0.15) is 0 Å². The maximum absolute atomic E-state index is 4.19. The quantitative estimate of drug-likeness (QED) is 0.453. The van der Waals surface area contributed by atoms with E-state index in [1.165, 1.54) is 6.34 Å². The highest BCUT2D eigenvalue weighted by Gasteiger charge is 2.24. The number of likely N-dealkylation sites (N-methyl/N-ethyl adjacent to an activating group) is 1. The van der Waals surface area contributed by atoms with Gasteiger partial charge in [0.15, 0.2) is 0 Å². The van der Waals surface area contributed by atoms with Gasteiger partial charge >= 0.3 is 0 Å². The molecule has 0 saturated heterocycles. The molecule has 2 heterocycles. The van der Waals surface area contributed by atoms with Crippen molar-refractivity contribution in [2.45, 2.75) is 6.04 Å². The second kappa shape index (κ2) is 1.98. The fourth-order valence-electron chi connectivity index (χ4n) is 1.07. The smallest absolute Gasteiger partial charge is 0.149 e. The molecule has 0 aromatic rings. The highest BCUT2D eigenvalue weighted by Crippen LogP contribution is 2.08. The predicted molar refractivity (Wildman–Crippen MR) is 40.8 cm³/mol. The maximum atomic E-state index is 4.19. The number of fused-ring (bicyclic) bond motifs is 1. The minimum atomic E-state index is 0.227. The van der Waals surface area contributed by atoms with E-state index in [2.05, 4.69) is 19.9 Å². The van der Waals surface area contributed by atoms with Crippen molar-refractivity contribution in [1.82, 2.24) is 4.90 Å². The Morgan fingerprint density at radius 2 is 2.60 bits per heavy atom. The van der Waals surface area contributed by atoms with Crippen LogP contribution in [0.3, 0.4) is 0 Å². The monoisotopic (exact) mass is 136 g/mol. The Morgan fingerprint density at radius 1 is 1.70 bits per heavy atom. The minimum Gasteiger partial charge on any atom is -0.273 e. The zero-order valence-corrected chi connectivity index (χ0v) is 5.73. The van der Waals surface area contributed by atoms with Crippen LogP contribution < -0.4 is 0 Å². The van der Waals surface area contributed by atoms with Crippen LogP contribution >= 0.6 is 0 Å². The van der Waals surface area contributed by atoms with Crippen molar-refractivity contribution in [1.29, 1.82) is 0 Å². The van der Waals surface area contributed by atoms with Gasteiger partial charge in [-0.3, -0.25) is 9.89 Å². The van der Waals surface area contributed by atoms with E-state index in [1.807, 2.05) is 13.3 Å². The van der Waals surface area contributed by atoms with Gasteiger partial charge in [0.25, 0.3) is 0 Å². The largest absolute Gasteiger partial charge is 0.273 e. The van der Waals surface area contributed by atoms with E-state index >= 15 is 0 Å². The number of amidine groups is 1. The maximum Gasteiger partial charge on any atom is 0.149 e. The van der Waals surface area contributed by atoms with Crippen LogP contribution in [0.4, 0.5) is 0 Å². The van der Waals surface area contributed by atoms with Gasteiger partial charge in [-0.15, -0.1) is 0 Å². The molecule has 0 aliphatic carbocycles. The second-order valence-corrected chi connectivity index (χ2v) is 2.40. The molecule has 0 fully saturated rings. The molecule has 0 amide bonds. The molecule has 1 unspecified atom stereocenters. The van der Waals surface area contributed by atoms with Crippen LogP contribution in [0.5, 0.6) is 0 Å². The summed E-state index contributed by atoms with van der Waals surface area (Å²) in [6.07, 6.45) is 3.40. The lowest BCUT2D eigenvalue weighted by Gasteiger charge is -2.14. The summed E-state index contributed by atoms with van der Waals surface area (Å²) in [6.45, 7) is 0.739. The summed E-state index contributed by atoms with van der Waals surface area (Å²) in [5, 5.41) is 0. The lowest BCUT2D eigenvalue weighted by atomic mass is 10.3. The average Bonchev–Trinajstić information content (AvgIpc) is 2.34. The van der Waals surface area contributed by atoms with E-state index in [1.54, 1.807) is 0 Å². The van der Waals surface area contributed by atoms with Crippen LogP contribution in [-0.4, -0.2) is 43.0 Å². The first-order valence-corrected chi connectivity index (χ1v) is 3.18. The standard InChI is InChI=1S/C6H8N4/c1-10-4-9-6-5(10)2-7-3-8-6/h2-3,5H,4H2,1H3. The Bertz CT molecular complexity index is 228. The first kappa shape index (κ1) is 5.73. The van der Waals surface area contributed by atoms with Crippen molar-refractivity contribution >= 4 is 18.4 Å². The minimum absolute atomic E-state index is 0.227. The molecule has 0 aromatic carbocycles. The summed E-state index contributed by atoms with van der Waals surface area (Å²) in [6, 6.07) is 0.227. The summed E-state index contributed by atoms with van der Waals surface area (Å²) in [5.74, 6) is 0.887. The first-order chi connectivity index (χ1) is 4.88. The van der Waals surface area contributed by atoms with Crippen LogP contribution in [0.25, 0.3) is 0 Å². The van der Waals surface area contributed by atoms with E-state index in [0.29, 0.717) is 0 Å². The normalized spacial score (nSPS) is 30.5. The van der Waals surface area contributed by atoms with Crippen LogP contribution in [0.2, 0.25) is 0 Å². The Labute approximate surface area is 59.0 Å². The van der Waals surface area contributed by atoms with Crippen LogP contribution in [0.1, 0.15) is 0 Å². The molecule has 0 spiro atoms. The molecular weight excluding hydrogens is 128 g/mol. The molecule has 0 saturated carbocycles. The molecule has 4 heteroatoms. The summed E-state index contributed by atoms with van der Waals surface area (Å²) < 4.78 is 0. The fraction of sp³-hybridized carbons (Fsp3) is 0.500. The van der Waals surface area contributed by atoms with E-state index in [9.17, 15) is 0 Å². The summed E-state index contributed by atoms with van der Waals surface area (Å²) in [4.78, 5) is 14.2. The van der Waals surface area contributed by atoms with Crippen LogP contribution in [-0.2, 0) is 0 Å². The lowest BCUT2D eigenvalue weighted by molar-refractivity contribution is 0.386. The SMILES string of the molecule is CN1CN=C2N=CN=CC21. The molecule has 0 bridgehead atoms. The molecule has 2 aliphatic rings. The Morgan fingerprint density at radius 3 is 3.40 bits per heavy atom. The Kier molecular flexibility index (Phi) is 1.14. The molecule has 0 aromatic heterocycles. The Hall–Kier alpha value is -1.03. The summed E-state index contributed by atoms with van der Waals surface area (Å²) in [7, 11) is 2.01. The predicted octanol–water partition coefficient (Wildman–Crippen LogP) is -0.231. The third-order valence-electron chi connectivity index (χ3n) is 1.68. The van der Waals surface area contributed by atoms with Gasteiger partial charge in [-0.1, -0.05) is 0 Å².